The fraction of sp³-hybridized carbons (Fsp3) is 0.385. The minimum Gasteiger partial charge on any atom is -0.508 e. The lowest BCUT2D eigenvalue weighted by molar-refractivity contribution is -0.128. The summed E-state index contributed by atoms with van der Waals surface area (Å²) in [5, 5.41) is 11.9. The van der Waals surface area contributed by atoms with Crippen LogP contribution in [0.5, 0.6) is 5.75 Å². The molecule has 5 nitrogen and oxygen atoms in total. The highest BCUT2D eigenvalue weighted by Crippen LogP contribution is 2.16. The Balaban J connectivity index is 2.60. The summed E-state index contributed by atoms with van der Waals surface area (Å²) in [5.74, 6) is -0.314. The predicted molar refractivity (Wildman–Crippen MR) is 68.5 cm³/mol. The quantitative estimate of drug-likeness (QED) is 0.834. The second kappa shape index (κ2) is 6.05. The van der Waals surface area contributed by atoms with Gasteiger partial charge in [-0.05, 0) is 37.6 Å². The average Bonchev–Trinajstić information content (AvgIpc) is 2.37. The summed E-state index contributed by atoms with van der Waals surface area (Å²) in [6.45, 7) is 4.15. The maximum absolute atomic E-state index is 11.8. The largest absolute Gasteiger partial charge is 0.508 e. The number of phenolic OH excluding ortho intramolecular Hbond substituents is 1. The molecule has 0 bridgehead atoms. The number of aromatic hydroxyl groups is 1. The molecule has 98 valence electrons. The zero-order valence-corrected chi connectivity index (χ0v) is 10.9. The minimum atomic E-state index is -0.323. The van der Waals surface area contributed by atoms with Gasteiger partial charge >= 0.3 is 0 Å². The van der Waals surface area contributed by atoms with Crippen molar-refractivity contribution < 1.29 is 14.7 Å². The molecule has 0 atom stereocenters. The van der Waals surface area contributed by atoms with E-state index in [-0.39, 0.29) is 24.1 Å². The number of rotatable bonds is 4. The standard InChI is InChI=1S/C13H18N2O3/c1-4-15(3)12(17)8-14-13(18)10-5-6-11(16)9(2)7-10/h5-7,16H,4,8H2,1-3H3,(H,14,18). The van der Waals surface area contributed by atoms with Crippen molar-refractivity contribution in [1.29, 1.82) is 0 Å². The highest BCUT2D eigenvalue weighted by atomic mass is 16.3. The van der Waals surface area contributed by atoms with Crippen molar-refractivity contribution in [3.05, 3.63) is 29.3 Å². The van der Waals surface area contributed by atoms with Crippen LogP contribution in [0.4, 0.5) is 0 Å². The lowest BCUT2D eigenvalue weighted by Gasteiger charge is -2.14. The van der Waals surface area contributed by atoms with E-state index in [2.05, 4.69) is 5.32 Å². The van der Waals surface area contributed by atoms with Crippen LogP contribution in [0.15, 0.2) is 18.2 Å². The monoisotopic (exact) mass is 250 g/mol. The third-order valence-electron chi connectivity index (χ3n) is 2.76. The summed E-state index contributed by atoms with van der Waals surface area (Å²) in [6.07, 6.45) is 0. The van der Waals surface area contributed by atoms with Crippen molar-refractivity contribution in [2.24, 2.45) is 0 Å². The molecule has 1 aromatic carbocycles. The van der Waals surface area contributed by atoms with Crippen LogP contribution in [0, 0.1) is 6.92 Å². The Morgan fingerprint density at radius 1 is 1.39 bits per heavy atom. The molecule has 0 aliphatic carbocycles. The van der Waals surface area contributed by atoms with E-state index in [0.717, 1.165) is 0 Å². The van der Waals surface area contributed by atoms with E-state index in [1.54, 1.807) is 20.0 Å². The molecule has 0 saturated heterocycles. The maximum Gasteiger partial charge on any atom is 0.251 e. The number of aryl methyl sites for hydroxylation is 1. The Hall–Kier alpha value is -2.04. The summed E-state index contributed by atoms with van der Waals surface area (Å²) < 4.78 is 0. The molecule has 0 aromatic heterocycles. The van der Waals surface area contributed by atoms with Gasteiger partial charge in [0.05, 0.1) is 6.54 Å². The van der Waals surface area contributed by atoms with E-state index in [9.17, 15) is 14.7 Å². The van der Waals surface area contributed by atoms with Crippen LogP contribution in [0.3, 0.4) is 0 Å². The van der Waals surface area contributed by atoms with Gasteiger partial charge < -0.3 is 15.3 Å². The van der Waals surface area contributed by atoms with Crippen LogP contribution in [-0.2, 0) is 4.79 Å². The van der Waals surface area contributed by atoms with Gasteiger partial charge in [-0.1, -0.05) is 0 Å². The van der Waals surface area contributed by atoms with Gasteiger partial charge in [0.1, 0.15) is 5.75 Å². The molecule has 2 N–H and O–H groups in total. The third kappa shape index (κ3) is 3.48. The van der Waals surface area contributed by atoms with E-state index in [4.69, 9.17) is 0 Å². The number of amides is 2. The number of likely N-dealkylation sites (N-methyl/N-ethyl adjacent to an activating group) is 1. The molecule has 0 saturated carbocycles. The molecule has 5 heteroatoms. The second-order valence-corrected chi connectivity index (χ2v) is 4.09. The molecule has 0 spiro atoms. The molecule has 0 aliphatic heterocycles. The zero-order valence-electron chi connectivity index (χ0n) is 10.9. The molecule has 1 rings (SSSR count). The van der Waals surface area contributed by atoms with Gasteiger partial charge in [0.15, 0.2) is 0 Å². The molecule has 2 amide bonds. The Morgan fingerprint density at radius 3 is 2.61 bits per heavy atom. The van der Waals surface area contributed by atoms with Crippen LogP contribution < -0.4 is 5.32 Å². The smallest absolute Gasteiger partial charge is 0.251 e. The Labute approximate surface area is 106 Å². The molecule has 0 radical (unpaired) electrons. The van der Waals surface area contributed by atoms with Crippen LogP contribution in [0.1, 0.15) is 22.8 Å². The van der Waals surface area contributed by atoms with Gasteiger partial charge in [-0.25, -0.2) is 0 Å². The summed E-state index contributed by atoms with van der Waals surface area (Å²) in [7, 11) is 1.68. The number of carbonyl (C=O) groups excluding carboxylic acids is 2. The van der Waals surface area contributed by atoms with Gasteiger partial charge in [-0.3, -0.25) is 9.59 Å². The van der Waals surface area contributed by atoms with E-state index < -0.39 is 0 Å². The number of hydrogen-bond donors (Lipinski definition) is 2. The fourth-order valence-electron chi connectivity index (χ4n) is 1.37. The van der Waals surface area contributed by atoms with Gasteiger partial charge in [0.2, 0.25) is 5.91 Å². The van der Waals surface area contributed by atoms with E-state index in [1.165, 1.54) is 17.0 Å². The average molecular weight is 250 g/mol. The first-order valence-corrected chi connectivity index (χ1v) is 5.77. The molecule has 0 fully saturated rings. The summed E-state index contributed by atoms with van der Waals surface area (Å²) in [4.78, 5) is 24.8. The third-order valence-corrected chi connectivity index (χ3v) is 2.76. The number of phenols is 1. The van der Waals surface area contributed by atoms with Crippen LogP contribution in [-0.4, -0.2) is 42.0 Å². The van der Waals surface area contributed by atoms with Gasteiger partial charge in [0, 0.05) is 19.2 Å². The fourth-order valence-corrected chi connectivity index (χ4v) is 1.37. The lowest BCUT2D eigenvalue weighted by atomic mass is 10.1. The summed E-state index contributed by atoms with van der Waals surface area (Å²) >= 11 is 0. The van der Waals surface area contributed by atoms with Crippen molar-refractivity contribution in [2.75, 3.05) is 20.1 Å². The van der Waals surface area contributed by atoms with Gasteiger partial charge in [-0.2, -0.15) is 0 Å². The van der Waals surface area contributed by atoms with Gasteiger partial charge in [0.25, 0.3) is 5.91 Å². The minimum absolute atomic E-state index is 0.0247. The topological polar surface area (TPSA) is 69.6 Å². The SMILES string of the molecule is CCN(C)C(=O)CNC(=O)c1ccc(O)c(C)c1. The summed E-state index contributed by atoms with van der Waals surface area (Å²) in [5.41, 5.74) is 1.05. The number of nitrogens with one attached hydrogen (secondary N) is 1. The van der Waals surface area contributed by atoms with Gasteiger partial charge in [-0.15, -0.1) is 0 Å². The highest BCUT2D eigenvalue weighted by Gasteiger charge is 2.11. The Bertz CT molecular complexity index is 458. The van der Waals surface area contributed by atoms with Crippen LogP contribution in [0.2, 0.25) is 0 Å². The first-order chi connectivity index (χ1) is 8.45. The first kappa shape index (κ1) is 14.0. The normalized spacial score (nSPS) is 9.94. The molecule has 18 heavy (non-hydrogen) atoms. The van der Waals surface area contributed by atoms with E-state index in [1.807, 2.05) is 6.92 Å². The Morgan fingerprint density at radius 2 is 2.06 bits per heavy atom. The molecule has 0 heterocycles. The zero-order chi connectivity index (χ0) is 13.7. The number of carbonyl (C=O) groups is 2. The second-order valence-electron chi connectivity index (χ2n) is 4.09. The lowest BCUT2D eigenvalue weighted by Crippen LogP contribution is -2.37. The number of nitrogens with zero attached hydrogens (tertiary/aromatic N) is 1. The van der Waals surface area contributed by atoms with Crippen LogP contribution in [0.25, 0.3) is 0 Å². The maximum atomic E-state index is 11.8. The van der Waals surface area contributed by atoms with E-state index in [0.29, 0.717) is 17.7 Å². The summed E-state index contributed by atoms with van der Waals surface area (Å²) in [6, 6.07) is 4.56. The van der Waals surface area contributed by atoms with Crippen molar-refractivity contribution in [1.82, 2.24) is 10.2 Å². The molecular formula is C13H18N2O3. The highest BCUT2D eigenvalue weighted by molar-refractivity contribution is 5.96. The molecule has 1 aromatic rings. The Kier molecular flexibility index (Phi) is 4.71. The predicted octanol–water partition coefficient (Wildman–Crippen LogP) is 0.909. The van der Waals surface area contributed by atoms with E-state index >= 15 is 0 Å². The first-order valence-electron chi connectivity index (χ1n) is 5.77. The van der Waals surface area contributed by atoms with Crippen molar-refractivity contribution in [3.63, 3.8) is 0 Å². The molecule has 0 unspecified atom stereocenters. The van der Waals surface area contributed by atoms with Crippen LogP contribution >= 0.6 is 0 Å². The molecular weight excluding hydrogens is 232 g/mol. The van der Waals surface area contributed by atoms with Crippen molar-refractivity contribution in [3.8, 4) is 5.75 Å². The molecule has 0 aliphatic rings. The number of benzene rings is 1. The van der Waals surface area contributed by atoms with Crippen molar-refractivity contribution in [2.45, 2.75) is 13.8 Å². The number of hydrogen-bond acceptors (Lipinski definition) is 3. The van der Waals surface area contributed by atoms with Crippen molar-refractivity contribution >= 4 is 11.8 Å².